The molecule has 2 N–H and O–H groups in total. The Labute approximate surface area is 212 Å². The molecule has 0 radical (unpaired) electrons. The van der Waals surface area contributed by atoms with E-state index >= 15 is 0 Å². The van der Waals surface area contributed by atoms with E-state index in [0.29, 0.717) is 16.3 Å². The number of carbonyl (C=O) groups is 1. The maximum absolute atomic E-state index is 13.5. The Morgan fingerprint density at radius 2 is 1.78 bits per heavy atom. The standard InChI is InChI=1S/C28H24ClN5O2/c1-17-9-8-14-33-25(17)32-26-22(28(33)36)15-21(27(35)31-18(2)19-10-4-3-5-11-19)24(30)34(26)16-20-12-6-7-13-23(20)29/h3-15,18,30H,16H2,1-2H3,(H,31,35)/t18-/m1/s1. The molecule has 3 heterocycles. The number of amides is 1. The van der Waals surface area contributed by atoms with Crippen molar-refractivity contribution in [1.29, 1.82) is 5.41 Å². The van der Waals surface area contributed by atoms with Crippen molar-refractivity contribution in [1.82, 2.24) is 19.3 Å². The minimum absolute atomic E-state index is 0.0509. The highest BCUT2D eigenvalue weighted by Crippen LogP contribution is 2.19. The van der Waals surface area contributed by atoms with Crippen LogP contribution in [0.4, 0.5) is 0 Å². The first-order chi connectivity index (χ1) is 17.3. The SMILES string of the molecule is Cc1cccn2c(=O)c3cc(C(=O)N[C@H](C)c4ccccc4)c(=N)n(Cc4ccccc4Cl)c3nc12. The molecule has 1 atom stereocenters. The van der Waals surface area contributed by atoms with Gasteiger partial charge in [-0.3, -0.25) is 19.4 Å². The van der Waals surface area contributed by atoms with Crippen molar-refractivity contribution in [3.05, 3.63) is 122 Å². The quantitative estimate of drug-likeness (QED) is 0.347. The van der Waals surface area contributed by atoms with E-state index in [2.05, 4.69) is 5.32 Å². The maximum atomic E-state index is 13.5. The second-order valence-corrected chi connectivity index (χ2v) is 9.14. The number of benzene rings is 2. The van der Waals surface area contributed by atoms with Crippen LogP contribution in [0.25, 0.3) is 16.7 Å². The molecular weight excluding hydrogens is 474 g/mol. The van der Waals surface area contributed by atoms with E-state index in [1.807, 2.05) is 68.4 Å². The van der Waals surface area contributed by atoms with E-state index < -0.39 is 5.91 Å². The first-order valence-electron chi connectivity index (χ1n) is 11.5. The molecule has 5 aromatic rings. The number of aryl methyl sites for hydroxylation is 1. The van der Waals surface area contributed by atoms with Gasteiger partial charge in [0.05, 0.1) is 23.5 Å². The molecule has 1 amide bonds. The largest absolute Gasteiger partial charge is 0.345 e. The minimum atomic E-state index is -0.445. The Bertz CT molecular complexity index is 1740. The summed E-state index contributed by atoms with van der Waals surface area (Å²) in [7, 11) is 0. The number of aromatic nitrogens is 3. The third-order valence-corrected chi connectivity index (χ3v) is 6.68. The van der Waals surface area contributed by atoms with Crippen LogP contribution in [0.15, 0.2) is 83.8 Å². The summed E-state index contributed by atoms with van der Waals surface area (Å²) in [6, 6.07) is 21.7. The maximum Gasteiger partial charge on any atom is 0.267 e. The molecule has 7 nitrogen and oxygen atoms in total. The summed E-state index contributed by atoms with van der Waals surface area (Å²) >= 11 is 6.43. The molecule has 2 aromatic carbocycles. The van der Waals surface area contributed by atoms with Crippen LogP contribution in [0.5, 0.6) is 0 Å². The molecule has 0 spiro atoms. The van der Waals surface area contributed by atoms with Crippen LogP contribution in [-0.2, 0) is 6.54 Å². The van der Waals surface area contributed by atoms with Gasteiger partial charge in [-0.25, -0.2) is 4.98 Å². The van der Waals surface area contributed by atoms with Crippen molar-refractivity contribution in [2.24, 2.45) is 0 Å². The topological polar surface area (TPSA) is 92.3 Å². The van der Waals surface area contributed by atoms with Crippen LogP contribution in [0.2, 0.25) is 5.02 Å². The highest BCUT2D eigenvalue weighted by Gasteiger charge is 2.20. The molecule has 180 valence electrons. The van der Waals surface area contributed by atoms with Crippen LogP contribution in [0.1, 0.15) is 40.0 Å². The summed E-state index contributed by atoms with van der Waals surface area (Å²) < 4.78 is 3.04. The van der Waals surface area contributed by atoms with Gasteiger partial charge >= 0.3 is 0 Å². The van der Waals surface area contributed by atoms with Gasteiger partial charge in [0.25, 0.3) is 11.5 Å². The lowest BCUT2D eigenvalue weighted by Gasteiger charge is -2.18. The summed E-state index contributed by atoms with van der Waals surface area (Å²) in [5, 5.41) is 12.7. The average Bonchev–Trinajstić information content (AvgIpc) is 2.88. The van der Waals surface area contributed by atoms with Crippen LogP contribution in [-0.4, -0.2) is 19.9 Å². The lowest BCUT2D eigenvalue weighted by molar-refractivity contribution is 0.0937. The number of hydrogen-bond donors (Lipinski definition) is 2. The van der Waals surface area contributed by atoms with Gasteiger partial charge in [-0.05, 0) is 48.7 Å². The van der Waals surface area contributed by atoms with Crippen molar-refractivity contribution in [3.63, 3.8) is 0 Å². The Balaban J connectivity index is 1.73. The molecule has 8 heteroatoms. The van der Waals surface area contributed by atoms with Crippen LogP contribution >= 0.6 is 11.6 Å². The average molecular weight is 498 g/mol. The van der Waals surface area contributed by atoms with E-state index in [9.17, 15) is 9.59 Å². The van der Waals surface area contributed by atoms with Crippen molar-refractivity contribution in [3.8, 4) is 0 Å². The van der Waals surface area contributed by atoms with Crippen molar-refractivity contribution < 1.29 is 4.79 Å². The van der Waals surface area contributed by atoms with Gasteiger partial charge in [-0.2, -0.15) is 0 Å². The molecule has 0 saturated carbocycles. The zero-order valence-electron chi connectivity index (χ0n) is 19.8. The fraction of sp³-hybridized carbons (Fsp3) is 0.143. The van der Waals surface area contributed by atoms with E-state index in [-0.39, 0.29) is 34.6 Å². The van der Waals surface area contributed by atoms with Gasteiger partial charge in [0.2, 0.25) is 0 Å². The van der Waals surface area contributed by atoms with Crippen molar-refractivity contribution in [2.75, 3.05) is 0 Å². The lowest BCUT2D eigenvalue weighted by Crippen LogP contribution is -2.36. The third-order valence-electron chi connectivity index (χ3n) is 6.31. The molecule has 3 aromatic heterocycles. The van der Waals surface area contributed by atoms with Crippen LogP contribution < -0.4 is 16.4 Å². The zero-order chi connectivity index (χ0) is 25.4. The Morgan fingerprint density at radius 3 is 2.53 bits per heavy atom. The highest BCUT2D eigenvalue weighted by atomic mass is 35.5. The molecule has 0 fully saturated rings. The molecule has 0 aliphatic rings. The van der Waals surface area contributed by atoms with Crippen LogP contribution in [0, 0.1) is 12.3 Å². The van der Waals surface area contributed by atoms with Gasteiger partial charge in [0.15, 0.2) is 0 Å². The fourth-order valence-corrected chi connectivity index (χ4v) is 4.52. The molecule has 0 aliphatic carbocycles. The monoisotopic (exact) mass is 497 g/mol. The Hall–Kier alpha value is -4.23. The van der Waals surface area contributed by atoms with Gasteiger partial charge in [0, 0.05) is 11.2 Å². The van der Waals surface area contributed by atoms with Gasteiger partial charge in [-0.15, -0.1) is 0 Å². The number of rotatable bonds is 5. The number of pyridine rings is 2. The summed E-state index contributed by atoms with van der Waals surface area (Å²) in [6.07, 6.45) is 1.65. The molecular formula is C28H24ClN5O2. The molecule has 0 aliphatic heterocycles. The highest BCUT2D eigenvalue weighted by molar-refractivity contribution is 6.31. The molecule has 5 rings (SSSR count). The predicted octanol–water partition coefficient (Wildman–Crippen LogP) is 4.63. The first kappa shape index (κ1) is 23.5. The second-order valence-electron chi connectivity index (χ2n) is 8.73. The summed E-state index contributed by atoms with van der Waals surface area (Å²) in [4.78, 5) is 31.7. The normalized spacial score (nSPS) is 12.1. The molecule has 36 heavy (non-hydrogen) atoms. The molecule has 0 unspecified atom stereocenters. The van der Waals surface area contributed by atoms with E-state index in [1.54, 1.807) is 22.9 Å². The Morgan fingerprint density at radius 1 is 1.06 bits per heavy atom. The van der Waals surface area contributed by atoms with E-state index in [1.165, 1.54) is 10.5 Å². The fourth-order valence-electron chi connectivity index (χ4n) is 4.32. The molecule has 0 saturated heterocycles. The first-order valence-corrected chi connectivity index (χ1v) is 11.9. The van der Waals surface area contributed by atoms with Gasteiger partial charge < -0.3 is 9.88 Å². The van der Waals surface area contributed by atoms with Gasteiger partial charge in [0.1, 0.15) is 16.8 Å². The number of nitrogens with one attached hydrogen (secondary N) is 2. The third kappa shape index (κ3) is 4.18. The van der Waals surface area contributed by atoms with Crippen molar-refractivity contribution in [2.45, 2.75) is 26.4 Å². The number of hydrogen-bond acceptors (Lipinski definition) is 4. The lowest BCUT2D eigenvalue weighted by atomic mass is 10.1. The smallest absolute Gasteiger partial charge is 0.267 e. The number of nitrogens with zero attached hydrogens (tertiary/aromatic N) is 3. The van der Waals surface area contributed by atoms with Crippen molar-refractivity contribution >= 4 is 34.2 Å². The van der Waals surface area contributed by atoms with E-state index in [0.717, 1.165) is 16.7 Å². The predicted molar refractivity (Wildman–Crippen MR) is 140 cm³/mol. The van der Waals surface area contributed by atoms with E-state index in [4.69, 9.17) is 22.0 Å². The molecule has 0 bridgehead atoms. The number of carbonyl (C=O) groups excluding carboxylic acids is 1. The zero-order valence-corrected chi connectivity index (χ0v) is 20.6. The summed E-state index contributed by atoms with van der Waals surface area (Å²) in [5.74, 6) is -0.445. The number of halogens is 1. The minimum Gasteiger partial charge on any atom is -0.345 e. The Kier molecular flexibility index (Phi) is 6.16. The van der Waals surface area contributed by atoms with Crippen LogP contribution in [0.3, 0.4) is 0 Å². The van der Waals surface area contributed by atoms with Gasteiger partial charge in [-0.1, -0.05) is 66.2 Å². The summed E-state index contributed by atoms with van der Waals surface area (Å²) in [5.41, 5.74) is 3.06. The number of fused-ring (bicyclic) bond motifs is 2. The summed E-state index contributed by atoms with van der Waals surface area (Å²) in [6.45, 7) is 3.93. The second kappa shape index (κ2) is 9.43.